The van der Waals surface area contributed by atoms with Gasteiger partial charge in [0.15, 0.2) is 0 Å². The van der Waals surface area contributed by atoms with Gasteiger partial charge in [-0.05, 0) is 31.7 Å². The summed E-state index contributed by atoms with van der Waals surface area (Å²) in [5.41, 5.74) is 0.0429. The van der Waals surface area contributed by atoms with Crippen LogP contribution < -0.4 is 5.32 Å². The monoisotopic (exact) mass is 268 g/mol. The first-order valence-electron chi connectivity index (χ1n) is 6.59. The molecule has 1 aromatic rings. The van der Waals surface area contributed by atoms with Crippen LogP contribution in [-0.2, 0) is 18.4 Å². The molecule has 2 N–H and O–H groups in total. The summed E-state index contributed by atoms with van der Waals surface area (Å²) in [6, 6.07) is 0. The molecule has 1 heterocycles. The van der Waals surface area contributed by atoms with Crippen molar-refractivity contribution in [3.63, 3.8) is 0 Å². The predicted octanol–water partition coefficient (Wildman–Crippen LogP) is 1.49. The minimum Gasteiger partial charge on any atom is -0.481 e. The Balaban J connectivity index is 2.26. The summed E-state index contributed by atoms with van der Waals surface area (Å²) < 4.78 is 1.96. The molecule has 108 valence electrons. The van der Waals surface area contributed by atoms with Gasteiger partial charge < -0.3 is 15.0 Å². The van der Waals surface area contributed by atoms with Crippen molar-refractivity contribution in [2.45, 2.75) is 46.6 Å². The molecule has 1 aromatic heterocycles. The molecule has 6 heteroatoms. The van der Waals surface area contributed by atoms with E-state index in [4.69, 9.17) is 5.11 Å². The Kier molecular flexibility index (Phi) is 5.47. The van der Waals surface area contributed by atoms with E-state index in [0.717, 1.165) is 24.6 Å². The van der Waals surface area contributed by atoms with E-state index in [0.29, 0.717) is 13.0 Å². The van der Waals surface area contributed by atoms with E-state index in [-0.39, 0.29) is 11.8 Å². The summed E-state index contributed by atoms with van der Waals surface area (Å²) in [5.74, 6) is 1.09. The highest BCUT2D eigenvalue weighted by atomic mass is 16.4. The lowest BCUT2D eigenvalue weighted by Crippen LogP contribution is -2.24. The molecule has 0 bridgehead atoms. The van der Waals surface area contributed by atoms with Crippen LogP contribution in [0.2, 0.25) is 0 Å². The second-order valence-electron chi connectivity index (χ2n) is 5.71. The van der Waals surface area contributed by atoms with Gasteiger partial charge in [-0.15, -0.1) is 10.2 Å². The molecule has 0 aliphatic rings. The fraction of sp³-hybridized carbons (Fsp3) is 0.769. The van der Waals surface area contributed by atoms with Crippen LogP contribution in [-0.4, -0.2) is 32.4 Å². The summed E-state index contributed by atoms with van der Waals surface area (Å²) in [6.45, 7) is 7.66. The number of nitrogens with one attached hydrogen (secondary N) is 1. The summed E-state index contributed by atoms with van der Waals surface area (Å²) >= 11 is 0. The highest BCUT2D eigenvalue weighted by molar-refractivity contribution is 5.66. The van der Waals surface area contributed by atoms with Gasteiger partial charge in [-0.1, -0.05) is 13.8 Å². The van der Waals surface area contributed by atoms with Crippen LogP contribution in [0.5, 0.6) is 0 Å². The molecule has 0 spiro atoms. The van der Waals surface area contributed by atoms with Gasteiger partial charge in [0.25, 0.3) is 0 Å². The number of carboxylic acids is 1. The minimum absolute atomic E-state index is 0.0429. The number of hydrogen-bond acceptors (Lipinski definition) is 4. The third-order valence-corrected chi connectivity index (χ3v) is 3.46. The maximum Gasteiger partial charge on any atom is 0.303 e. The van der Waals surface area contributed by atoms with Crippen LogP contribution in [0.25, 0.3) is 0 Å². The molecule has 0 saturated carbocycles. The molecule has 19 heavy (non-hydrogen) atoms. The first kappa shape index (κ1) is 15.6. The minimum atomic E-state index is -0.726. The van der Waals surface area contributed by atoms with Crippen molar-refractivity contribution in [1.82, 2.24) is 20.1 Å². The first-order valence-corrected chi connectivity index (χ1v) is 6.59. The van der Waals surface area contributed by atoms with Crippen LogP contribution in [0.1, 0.15) is 44.8 Å². The van der Waals surface area contributed by atoms with Gasteiger partial charge in [0.05, 0.1) is 6.54 Å². The quantitative estimate of drug-likeness (QED) is 0.698. The molecular formula is C13H24N4O2. The molecule has 0 aromatic carbocycles. The standard InChI is InChI=1S/C13H24N4O2/c1-10-15-16-11(17(10)4)9-14-8-7-13(2,3)6-5-12(18)19/h14H,5-9H2,1-4H3,(H,18,19). The van der Waals surface area contributed by atoms with Crippen molar-refractivity contribution in [2.24, 2.45) is 12.5 Å². The van der Waals surface area contributed by atoms with E-state index < -0.39 is 5.97 Å². The molecule has 0 atom stereocenters. The number of nitrogens with zero attached hydrogens (tertiary/aromatic N) is 3. The fourth-order valence-electron chi connectivity index (χ4n) is 1.80. The lowest BCUT2D eigenvalue weighted by Gasteiger charge is -2.23. The number of carbonyl (C=O) groups is 1. The van der Waals surface area contributed by atoms with Crippen molar-refractivity contribution in [1.29, 1.82) is 0 Å². The summed E-state index contributed by atoms with van der Waals surface area (Å²) in [6.07, 6.45) is 1.87. The molecule has 0 fully saturated rings. The molecule has 6 nitrogen and oxygen atoms in total. The Morgan fingerprint density at radius 2 is 2.05 bits per heavy atom. The summed E-state index contributed by atoms with van der Waals surface area (Å²) in [4.78, 5) is 10.6. The zero-order valence-electron chi connectivity index (χ0n) is 12.2. The molecule has 1 rings (SSSR count). The predicted molar refractivity (Wildman–Crippen MR) is 72.7 cm³/mol. The van der Waals surface area contributed by atoms with Crippen molar-refractivity contribution in [3.8, 4) is 0 Å². The topological polar surface area (TPSA) is 80.0 Å². The summed E-state index contributed by atoms with van der Waals surface area (Å²) in [7, 11) is 1.95. The van der Waals surface area contributed by atoms with Crippen molar-refractivity contribution in [3.05, 3.63) is 11.6 Å². The highest BCUT2D eigenvalue weighted by Crippen LogP contribution is 2.25. The SMILES string of the molecule is Cc1nnc(CNCCC(C)(C)CCC(=O)O)n1C. The highest BCUT2D eigenvalue weighted by Gasteiger charge is 2.18. The van der Waals surface area contributed by atoms with Gasteiger partial charge in [-0.2, -0.15) is 0 Å². The van der Waals surface area contributed by atoms with Crippen LogP contribution in [0.15, 0.2) is 0 Å². The normalized spacial score (nSPS) is 11.8. The number of aliphatic carboxylic acids is 1. The first-order chi connectivity index (χ1) is 8.82. The lowest BCUT2D eigenvalue weighted by molar-refractivity contribution is -0.137. The number of hydrogen-bond donors (Lipinski definition) is 2. The largest absolute Gasteiger partial charge is 0.481 e. The zero-order chi connectivity index (χ0) is 14.5. The Hall–Kier alpha value is -1.43. The second kappa shape index (κ2) is 6.65. The van der Waals surface area contributed by atoms with E-state index in [1.165, 1.54) is 0 Å². The van der Waals surface area contributed by atoms with Gasteiger partial charge in [0.2, 0.25) is 0 Å². The van der Waals surface area contributed by atoms with Crippen LogP contribution in [0, 0.1) is 12.3 Å². The smallest absolute Gasteiger partial charge is 0.303 e. The average Bonchev–Trinajstić information content (AvgIpc) is 2.64. The molecule has 0 amide bonds. The number of aromatic nitrogens is 3. The number of rotatable bonds is 8. The number of carboxylic acid groups (broad SMARTS) is 1. The van der Waals surface area contributed by atoms with Crippen LogP contribution in [0.3, 0.4) is 0 Å². The average molecular weight is 268 g/mol. The van der Waals surface area contributed by atoms with E-state index in [1.807, 2.05) is 18.5 Å². The number of aryl methyl sites for hydroxylation is 1. The Labute approximate surface area is 114 Å². The maximum atomic E-state index is 10.6. The van der Waals surface area contributed by atoms with Gasteiger partial charge in [-0.3, -0.25) is 4.79 Å². The Morgan fingerprint density at radius 1 is 1.37 bits per heavy atom. The molecule has 0 saturated heterocycles. The fourth-order valence-corrected chi connectivity index (χ4v) is 1.80. The van der Waals surface area contributed by atoms with Gasteiger partial charge in [0, 0.05) is 13.5 Å². The summed E-state index contributed by atoms with van der Waals surface area (Å²) in [5, 5.41) is 20.1. The second-order valence-corrected chi connectivity index (χ2v) is 5.71. The molecule has 0 unspecified atom stereocenters. The van der Waals surface area contributed by atoms with Crippen molar-refractivity contribution in [2.75, 3.05) is 6.54 Å². The third kappa shape index (κ3) is 5.38. The molecule has 0 aliphatic heterocycles. The van der Waals surface area contributed by atoms with Crippen LogP contribution >= 0.6 is 0 Å². The lowest BCUT2D eigenvalue weighted by atomic mass is 9.84. The van der Waals surface area contributed by atoms with Crippen LogP contribution in [0.4, 0.5) is 0 Å². The van der Waals surface area contributed by atoms with Gasteiger partial charge in [0.1, 0.15) is 11.6 Å². The van der Waals surface area contributed by atoms with Gasteiger partial charge >= 0.3 is 5.97 Å². The van der Waals surface area contributed by atoms with E-state index in [9.17, 15) is 4.79 Å². The van der Waals surface area contributed by atoms with Crippen molar-refractivity contribution >= 4 is 5.97 Å². The third-order valence-electron chi connectivity index (χ3n) is 3.46. The van der Waals surface area contributed by atoms with Crippen molar-refractivity contribution < 1.29 is 9.90 Å². The van der Waals surface area contributed by atoms with Gasteiger partial charge in [-0.25, -0.2) is 0 Å². The molecule has 0 radical (unpaired) electrons. The van der Waals surface area contributed by atoms with E-state index in [2.05, 4.69) is 29.4 Å². The van der Waals surface area contributed by atoms with E-state index >= 15 is 0 Å². The zero-order valence-corrected chi connectivity index (χ0v) is 12.2. The Bertz CT molecular complexity index is 426. The Morgan fingerprint density at radius 3 is 2.58 bits per heavy atom. The molecule has 0 aliphatic carbocycles. The van der Waals surface area contributed by atoms with E-state index in [1.54, 1.807) is 0 Å². The maximum absolute atomic E-state index is 10.6. The molecular weight excluding hydrogens is 244 g/mol.